The highest BCUT2D eigenvalue weighted by molar-refractivity contribution is 6.99. The van der Waals surface area contributed by atoms with Crippen LogP contribution in [-0.2, 0) is 57.4 Å². The van der Waals surface area contributed by atoms with Crippen molar-refractivity contribution in [3.8, 4) is 0 Å². The van der Waals surface area contributed by atoms with Gasteiger partial charge in [0.25, 0.3) is 8.32 Å². The Kier molecular flexibility index (Phi) is 16.0. The van der Waals surface area contributed by atoms with E-state index < -0.39 is 62.9 Å². The molecule has 10 heteroatoms. The Labute approximate surface area is 375 Å². The minimum atomic E-state index is -2.96. The molecule has 0 bridgehead atoms. The molecule has 2 aliphatic heterocycles. The number of aliphatic hydroxyl groups is 1. The van der Waals surface area contributed by atoms with E-state index >= 15 is 0 Å². The van der Waals surface area contributed by atoms with Crippen molar-refractivity contribution in [3.05, 3.63) is 181 Å². The minimum absolute atomic E-state index is 0.0396. The summed E-state index contributed by atoms with van der Waals surface area (Å²) in [7, 11) is -1.33. The molecule has 334 valence electrons. The van der Waals surface area contributed by atoms with Crippen LogP contribution in [0.15, 0.2) is 164 Å². The molecule has 0 radical (unpaired) electrons. The summed E-state index contributed by atoms with van der Waals surface area (Å²) in [4.78, 5) is 0. The summed E-state index contributed by atoms with van der Waals surface area (Å²) in [6.45, 7) is 11.8. The first-order valence-corrected chi connectivity index (χ1v) is 24.0. The number of rotatable bonds is 19. The largest absolute Gasteiger partial charge is 0.405 e. The van der Waals surface area contributed by atoms with Gasteiger partial charge in [-0.1, -0.05) is 185 Å². The Morgan fingerprint density at radius 2 is 1.13 bits per heavy atom. The van der Waals surface area contributed by atoms with Gasteiger partial charge in [-0.25, -0.2) is 0 Å². The lowest BCUT2D eigenvalue weighted by Gasteiger charge is -2.45. The first-order chi connectivity index (χ1) is 30.5. The Balaban J connectivity index is 1.19. The summed E-state index contributed by atoms with van der Waals surface area (Å²) in [6, 6.07) is 51.1. The van der Waals surface area contributed by atoms with Gasteiger partial charge >= 0.3 is 0 Å². The van der Waals surface area contributed by atoms with Crippen molar-refractivity contribution in [3.63, 3.8) is 0 Å². The molecule has 1 N–H and O–H groups in total. The van der Waals surface area contributed by atoms with E-state index in [0.29, 0.717) is 19.8 Å². The van der Waals surface area contributed by atoms with E-state index in [2.05, 4.69) is 75.4 Å². The van der Waals surface area contributed by atoms with Crippen molar-refractivity contribution < 1.29 is 42.7 Å². The van der Waals surface area contributed by atoms with Crippen LogP contribution in [0.2, 0.25) is 5.04 Å². The first-order valence-electron chi connectivity index (χ1n) is 22.1. The molecule has 0 saturated carbocycles. The quantitative estimate of drug-likeness (QED) is 0.0649. The number of aliphatic hydroxyl groups excluding tert-OH is 1. The average Bonchev–Trinajstić information content (AvgIpc) is 3.62. The highest BCUT2D eigenvalue weighted by atomic mass is 28.4. The van der Waals surface area contributed by atoms with Crippen LogP contribution in [-0.4, -0.2) is 82.4 Å². The molecule has 7 rings (SSSR count). The van der Waals surface area contributed by atoms with Gasteiger partial charge in [0.15, 0.2) is 12.1 Å². The predicted octanol–water partition coefficient (Wildman–Crippen LogP) is 8.38. The third-order valence-corrected chi connectivity index (χ3v) is 16.9. The topological polar surface area (TPSA) is 94.1 Å². The van der Waals surface area contributed by atoms with E-state index in [1.54, 1.807) is 7.11 Å². The van der Waals surface area contributed by atoms with Crippen molar-refractivity contribution in [1.29, 1.82) is 0 Å². The van der Waals surface area contributed by atoms with E-state index in [1.807, 2.05) is 123 Å². The molecule has 9 nitrogen and oxygen atoms in total. The van der Waals surface area contributed by atoms with Gasteiger partial charge < -0.3 is 42.7 Å². The van der Waals surface area contributed by atoms with Gasteiger partial charge in [-0.05, 0) is 45.9 Å². The second-order valence-electron chi connectivity index (χ2n) is 17.9. The maximum Gasteiger partial charge on any atom is 0.261 e. The molecule has 0 aromatic heterocycles. The Morgan fingerprint density at radius 3 is 1.62 bits per heavy atom. The average molecular weight is 873 g/mol. The SMILES string of the molecule is CO[C@H]1O[C@H](COCc2ccccc2)[C@@H](/C=C/[C@H]2OC(C)(C)O[C@@H]2C(O)CO[Si](c2ccccc2)(c2ccccc2)C(C)(C)C)[C@H](OCc2ccccc2)[C@H]1OCc1ccccc1. The van der Waals surface area contributed by atoms with Gasteiger partial charge in [0.2, 0.25) is 0 Å². The fraction of sp³-hybridized carbons (Fsp3) is 0.396. The Bertz CT molecular complexity index is 2080. The highest BCUT2D eigenvalue weighted by Gasteiger charge is 2.52. The molecule has 2 saturated heterocycles. The third-order valence-electron chi connectivity index (χ3n) is 11.9. The van der Waals surface area contributed by atoms with Gasteiger partial charge in [-0.3, -0.25) is 0 Å². The second-order valence-corrected chi connectivity index (χ2v) is 22.2. The van der Waals surface area contributed by atoms with Gasteiger partial charge in [-0.2, -0.15) is 0 Å². The van der Waals surface area contributed by atoms with Crippen LogP contribution in [0, 0.1) is 5.92 Å². The fourth-order valence-electron chi connectivity index (χ4n) is 8.85. The summed E-state index contributed by atoms with van der Waals surface area (Å²) in [6.07, 6.45) is -0.759. The van der Waals surface area contributed by atoms with Crippen LogP contribution in [0.3, 0.4) is 0 Å². The van der Waals surface area contributed by atoms with Gasteiger partial charge in [-0.15, -0.1) is 0 Å². The number of benzene rings is 5. The van der Waals surface area contributed by atoms with Crippen LogP contribution in [0.1, 0.15) is 51.3 Å². The standard InChI is InChI=1S/C53H64O9Si/c1-52(2,3)63(42-28-18-10-19-29-42,43-30-20-11-21-31-43)59-37-45(54)49-46(61-53(4,5)62-49)33-32-44-47(38-56-34-39-22-12-7-13-23-39)60-51(55-6)50(58-36-41-26-16-9-17-27-41)48(44)57-35-40-24-14-8-15-25-40/h7-33,44-51,54H,34-38H2,1-6H3/b33-32+/t44-,45?,46-,47-,48+,49-,50-,51+/m1/s1. The van der Waals surface area contributed by atoms with Crippen molar-refractivity contribution in [2.75, 3.05) is 20.3 Å². The fourth-order valence-corrected chi connectivity index (χ4v) is 13.4. The molecule has 1 unspecified atom stereocenters. The second kappa shape index (κ2) is 21.6. The smallest absolute Gasteiger partial charge is 0.261 e. The maximum atomic E-state index is 12.2. The number of ether oxygens (including phenoxy) is 7. The van der Waals surface area contributed by atoms with Crippen LogP contribution in [0.5, 0.6) is 0 Å². The van der Waals surface area contributed by atoms with Gasteiger partial charge in [0.1, 0.15) is 24.4 Å². The molecule has 63 heavy (non-hydrogen) atoms. The van der Waals surface area contributed by atoms with Crippen LogP contribution in [0.25, 0.3) is 0 Å². The normalized spacial score (nSPS) is 24.4. The summed E-state index contributed by atoms with van der Waals surface area (Å²) in [5.74, 6) is -1.37. The Hall–Kier alpha value is -4.30. The summed E-state index contributed by atoms with van der Waals surface area (Å²) >= 11 is 0. The summed E-state index contributed by atoms with van der Waals surface area (Å²) in [5, 5.41) is 14.2. The predicted molar refractivity (Wildman–Crippen MR) is 248 cm³/mol. The zero-order valence-electron chi connectivity index (χ0n) is 37.5. The summed E-state index contributed by atoms with van der Waals surface area (Å²) < 4.78 is 53.0. The van der Waals surface area contributed by atoms with Crippen molar-refractivity contribution >= 4 is 18.7 Å². The lowest BCUT2D eigenvalue weighted by atomic mass is 9.87. The molecular weight excluding hydrogens is 809 g/mol. The molecular formula is C53H64O9Si. The van der Waals surface area contributed by atoms with Crippen molar-refractivity contribution in [2.45, 2.75) is 108 Å². The highest BCUT2D eigenvalue weighted by Crippen LogP contribution is 2.39. The molecule has 0 amide bonds. The zero-order valence-corrected chi connectivity index (χ0v) is 38.5. The molecule has 0 aliphatic carbocycles. The van der Waals surface area contributed by atoms with E-state index in [1.165, 1.54) is 0 Å². The van der Waals surface area contributed by atoms with Crippen LogP contribution in [0.4, 0.5) is 0 Å². The van der Waals surface area contributed by atoms with Crippen LogP contribution < -0.4 is 10.4 Å². The van der Waals surface area contributed by atoms with Crippen molar-refractivity contribution in [1.82, 2.24) is 0 Å². The van der Waals surface area contributed by atoms with Gasteiger partial charge in [0.05, 0.1) is 45.2 Å². The van der Waals surface area contributed by atoms with E-state index in [4.69, 9.17) is 37.6 Å². The molecule has 2 aliphatic rings. The lowest BCUT2D eigenvalue weighted by molar-refractivity contribution is -0.299. The lowest BCUT2D eigenvalue weighted by Crippen LogP contribution is -2.67. The molecule has 8 atom stereocenters. The van der Waals surface area contributed by atoms with E-state index in [0.717, 1.165) is 27.1 Å². The van der Waals surface area contributed by atoms with Crippen LogP contribution >= 0.6 is 0 Å². The monoisotopic (exact) mass is 872 g/mol. The molecule has 0 spiro atoms. The maximum absolute atomic E-state index is 12.2. The third kappa shape index (κ3) is 11.7. The molecule has 2 heterocycles. The molecule has 2 fully saturated rings. The van der Waals surface area contributed by atoms with E-state index in [9.17, 15) is 5.11 Å². The van der Waals surface area contributed by atoms with Gasteiger partial charge in [0, 0.05) is 13.0 Å². The minimum Gasteiger partial charge on any atom is -0.405 e. The zero-order chi connectivity index (χ0) is 44.3. The first kappa shape index (κ1) is 46.7. The van der Waals surface area contributed by atoms with Crippen molar-refractivity contribution in [2.24, 2.45) is 5.92 Å². The number of hydrogen-bond donors (Lipinski definition) is 1. The summed E-state index contributed by atoms with van der Waals surface area (Å²) in [5.41, 5.74) is 3.10. The molecule has 5 aromatic carbocycles. The Morgan fingerprint density at radius 1 is 0.651 bits per heavy atom. The number of hydrogen-bond acceptors (Lipinski definition) is 9. The molecule has 5 aromatic rings. The van der Waals surface area contributed by atoms with E-state index in [-0.39, 0.29) is 18.3 Å². The number of methoxy groups -OCH3 is 1.